The summed E-state index contributed by atoms with van der Waals surface area (Å²) in [6, 6.07) is 5.41. The topological polar surface area (TPSA) is 58.4 Å². The van der Waals surface area contributed by atoms with Gasteiger partial charge in [-0.15, -0.1) is 0 Å². The van der Waals surface area contributed by atoms with Crippen molar-refractivity contribution in [3.05, 3.63) is 38.9 Å². The molecule has 0 aromatic heterocycles. The largest absolute Gasteiger partial charge is 0.313 e. The van der Waals surface area contributed by atoms with Gasteiger partial charge in [0.05, 0.1) is 4.92 Å². The van der Waals surface area contributed by atoms with Crippen LogP contribution in [0.5, 0.6) is 0 Å². The van der Waals surface area contributed by atoms with E-state index in [0.29, 0.717) is 17.6 Å². The van der Waals surface area contributed by atoms with Crippen LogP contribution >= 0.6 is 11.6 Å². The predicted octanol–water partition coefficient (Wildman–Crippen LogP) is 3.21. The van der Waals surface area contributed by atoms with Crippen LogP contribution in [0.4, 0.5) is 5.69 Å². The molecular formula is C15H22ClN3O2. The van der Waals surface area contributed by atoms with Crippen LogP contribution in [0.2, 0.25) is 5.02 Å². The third kappa shape index (κ3) is 4.66. The van der Waals surface area contributed by atoms with Crippen molar-refractivity contribution in [2.75, 3.05) is 19.6 Å². The van der Waals surface area contributed by atoms with E-state index in [2.05, 4.69) is 17.1 Å². The van der Waals surface area contributed by atoms with Crippen molar-refractivity contribution in [2.24, 2.45) is 0 Å². The number of nitro benzene ring substituents is 1. The van der Waals surface area contributed by atoms with Crippen LogP contribution in [0.1, 0.15) is 31.7 Å². The predicted molar refractivity (Wildman–Crippen MR) is 84.7 cm³/mol. The van der Waals surface area contributed by atoms with Crippen LogP contribution in [-0.2, 0) is 6.54 Å². The van der Waals surface area contributed by atoms with E-state index in [1.165, 1.54) is 25.3 Å². The molecule has 1 saturated heterocycles. The van der Waals surface area contributed by atoms with E-state index in [0.717, 1.165) is 25.2 Å². The Morgan fingerprint density at radius 2 is 2.29 bits per heavy atom. The molecule has 1 heterocycles. The fraction of sp³-hybridized carbons (Fsp3) is 0.600. The Bertz CT molecular complexity index is 490. The molecule has 1 aliphatic heterocycles. The lowest BCUT2D eigenvalue weighted by atomic mass is 10.0. The van der Waals surface area contributed by atoms with Crippen molar-refractivity contribution in [3.63, 3.8) is 0 Å². The Hall–Kier alpha value is -1.17. The molecule has 0 radical (unpaired) electrons. The Kier molecular flexibility index (Phi) is 5.96. The van der Waals surface area contributed by atoms with Gasteiger partial charge in [-0.2, -0.15) is 0 Å². The molecule has 21 heavy (non-hydrogen) atoms. The summed E-state index contributed by atoms with van der Waals surface area (Å²) >= 11 is 5.86. The number of benzene rings is 1. The normalized spacial score (nSPS) is 18.9. The van der Waals surface area contributed by atoms with Gasteiger partial charge in [0.2, 0.25) is 0 Å². The molecule has 1 aromatic rings. The highest BCUT2D eigenvalue weighted by atomic mass is 35.5. The Morgan fingerprint density at radius 3 is 2.90 bits per heavy atom. The molecule has 2 rings (SSSR count). The summed E-state index contributed by atoms with van der Waals surface area (Å²) in [7, 11) is 0. The zero-order chi connectivity index (χ0) is 15.2. The van der Waals surface area contributed by atoms with E-state index in [9.17, 15) is 10.1 Å². The van der Waals surface area contributed by atoms with E-state index in [4.69, 9.17) is 11.6 Å². The van der Waals surface area contributed by atoms with Gasteiger partial charge in [-0.1, -0.05) is 24.9 Å². The van der Waals surface area contributed by atoms with Gasteiger partial charge >= 0.3 is 0 Å². The molecule has 0 amide bonds. The van der Waals surface area contributed by atoms with E-state index in [1.54, 1.807) is 12.1 Å². The first-order chi connectivity index (χ1) is 10.1. The van der Waals surface area contributed by atoms with Crippen LogP contribution in [-0.4, -0.2) is 35.5 Å². The first-order valence-corrected chi connectivity index (χ1v) is 7.86. The summed E-state index contributed by atoms with van der Waals surface area (Å²) in [5.41, 5.74) is 0.833. The fourth-order valence-corrected chi connectivity index (χ4v) is 2.94. The molecule has 0 spiro atoms. The van der Waals surface area contributed by atoms with Crippen molar-refractivity contribution < 1.29 is 4.92 Å². The van der Waals surface area contributed by atoms with Crippen LogP contribution < -0.4 is 5.32 Å². The number of rotatable bonds is 6. The third-order valence-corrected chi connectivity index (χ3v) is 4.21. The zero-order valence-electron chi connectivity index (χ0n) is 12.3. The average molecular weight is 312 g/mol. The minimum Gasteiger partial charge on any atom is -0.313 e. The lowest BCUT2D eigenvalue weighted by molar-refractivity contribution is -0.385. The fourth-order valence-electron chi connectivity index (χ4n) is 2.78. The molecule has 1 N–H and O–H groups in total. The molecular weight excluding hydrogens is 290 g/mol. The highest BCUT2D eigenvalue weighted by Gasteiger charge is 2.20. The number of nitrogens with one attached hydrogen (secondary N) is 1. The van der Waals surface area contributed by atoms with E-state index < -0.39 is 0 Å². The molecule has 1 unspecified atom stereocenters. The van der Waals surface area contributed by atoms with Gasteiger partial charge in [0.25, 0.3) is 5.69 Å². The molecule has 1 fully saturated rings. The number of nitro groups is 1. The standard InChI is InChI=1S/C15H22ClN3O2/c1-2-18(11-14-5-3-4-8-17-14)10-12-6-7-13(16)9-15(12)19(20)21/h6-7,9,14,17H,2-5,8,10-11H2,1H3. The molecule has 0 saturated carbocycles. The van der Waals surface area contributed by atoms with Crippen LogP contribution in [0.15, 0.2) is 18.2 Å². The summed E-state index contributed by atoms with van der Waals surface area (Å²) < 4.78 is 0. The lowest BCUT2D eigenvalue weighted by Crippen LogP contribution is -2.43. The quantitative estimate of drug-likeness (QED) is 0.647. The molecule has 1 aromatic carbocycles. The smallest absolute Gasteiger partial charge is 0.275 e. The van der Waals surface area contributed by atoms with E-state index >= 15 is 0 Å². The number of hydrogen-bond donors (Lipinski definition) is 1. The molecule has 6 heteroatoms. The van der Waals surface area contributed by atoms with Gasteiger partial charge in [-0.25, -0.2) is 0 Å². The first kappa shape index (κ1) is 16.2. The number of likely N-dealkylation sites (N-methyl/N-ethyl adjacent to an activating group) is 1. The zero-order valence-corrected chi connectivity index (χ0v) is 13.1. The van der Waals surface area contributed by atoms with Gasteiger partial charge in [-0.3, -0.25) is 15.0 Å². The molecule has 5 nitrogen and oxygen atoms in total. The van der Waals surface area contributed by atoms with Gasteiger partial charge in [0.15, 0.2) is 0 Å². The van der Waals surface area contributed by atoms with Gasteiger partial charge < -0.3 is 5.32 Å². The maximum absolute atomic E-state index is 11.1. The van der Waals surface area contributed by atoms with Gasteiger partial charge in [0, 0.05) is 35.8 Å². The van der Waals surface area contributed by atoms with Crippen molar-refractivity contribution in [3.8, 4) is 0 Å². The SMILES string of the molecule is CCN(Cc1ccc(Cl)cc1[N+](=O)[O-])CC1CCCCN1. The Morgan fingerprint density at radius 1 is 1.48 bits per heavy atom. The summed E-state index contributed by atoms with van der Waals surface area (Å²) in [5, 5.41) is 15.1. The first-order valence-electron chi connectivity index (χ1n) is 7.48. The van der Waals surface area contributed by atoms with E-state index in [1.807, 2.05) is 0 Å². The minimum atomic E-state index is -0.353. The maximum atomic E-state index is 11.1. The van der Waals surface area contributed by atoms with Gasteiger partial charge in [-0.05, 0) is 38.1 Å². The molecule has 116 valence electrons. The van der Waals surface area contributed by atoms with Crippen LogP contribution in [0, 0.1) is 10.1 Å². The van der Waals surface area contributed by atoms with Crippen LogP contribution in [0.3, 0.4) is 0 Å². The second-order valence-electron chi connectivity index (χ2n) is 5.50. The summed E-state index contributed by atoms with van der Waals surface area (Å²) in [6.45, 7) is 5.55. The third-order valence-electron chi connectivity index (χ3n) is 3.98. The summed E-state index contributed by atoms with van der Waals surface area (Å²) in [6.07, 6.45) is 3.68. The van der Waals surface area contributed by atoms with Crippen LogP contribution in [0.25, 0.3) is 0 Å². The number of halogens is 1. The second-order valence-corrected chi connectivity index (χ2v) is 5.94. The lowest BCUT2D eigenvalue weighted by Gasteiger charge is -2.29. The Labute approximate surface area is 130 Å². The monoisotopic (exact) mass is 311 g/mol. The Balaban J connectivity index is 2.05. The average Bonchev–Trinajstić information content (AvgIpc) is 2.49. The summed E-state index contributed by atoms with van der Waals surface area (Å²) in [4.78, 5) is 13.0. The molecule has 0 bridgehead atoms. The van der Waals surface area contributed by atoms with Gasteiger partial charge in [0.1, 0.15) is 0 Å². The highest BCUT2D eigenvalue weighted by Crippen LogP contribution is 2.24. The van der Waals surface area contributed by atoms with Crippen molar-refractivity contribution in [1.82, 2.24) is 10.2 Å². The number of hydrogen-bond acceptors (Lipinski definition) is 4. The van der Waals surface area contributed by atoms with Crippen molar-refractivity contribution in [1.29, 1.82) is 0 Å². The molecule has 0 aliphatic carbocycles. The summed E-state index contributed by atoms with van der Waals surface area (Å²) in [5.74, 6) is 0. The van der Waals surface area contributed by atoms with Crippen molar-refractivity contribution in [2.45, 2.75) is 38.8 Å². The van der Waals surface area contributed by atoms with E-state index in [-0.39, 0.29) is 10.6 Å². The second kappa shape index (κ2) is 7.73. The minimum absolute atomic E-state index is 0.109. The maximum Gasteiger partial charge on any atom is 0.275 e. The number of piperidine rings is 1. The van der Waals surface area contributed by atoms with Crippen molar-refractivity contribution >= 4 is 17.3 Å². The number of nitrogens with zero attached hydrogens (tertiary/aromatic N) is 2. The molecule has 1 aliphatic rings. The molecule has 1 atom stereocenters. The highest BCUT2D eigenvalue weighted by molar-refractivity contribution is 6.30.